The van der Waals surface area contributed by atoms with Gasteiger partial charge in [-0.3, -0.25) is 0 Å². The van der Waals surface area contributed by atoms with Gasteiger partial charge in [0, 0.05) is 0 Å². The fraction of sp³-hybridized carbons (Fsp3) is 0.143. The van der Waals surface area contributed by atoms with Gasteiger partial charge >= 0.3 is 17.8 Å². The molecule has 0 unspecified atom stereocenters. The SMILES string of the molecule is O=C(O)c1coc(Cn2c(=O)ncn2-c2ccc(C(F)(F)F)cc2)n1. The first kappa shape index (κ1) is 16.5. The van der Waals surface area contributed by atoms with Gasteiger partial charge < -0.3 is 9.52 Å². The van der Waals surface area contributed by atoms with E-state index in [0.29, 0.717) is 0 Å². The van der Waals surface area contributed by atoms with Gasteiger partial charge in [0.2, 0.25) is 5.89 Å². The molecule has 0 spiro atoms. The van der Waals surface area contributed by atoms with Crippen LogP contribution in [0, 0.1) is 0 Å². The predicted molar refractivity (Wildman–Crippen MR) is 75.4 cm³/mol. The Labute approximate surface area is 136 Å². The Bertz CT molecular complexity index is 969. The van der Waals surface area contributed by atoms with Gasteiger partial charge in [0.05, 0.1) is 11.3 Å². The minimum absolute atomic E-state index is 0.0619. The van der Waals surface area contributed by atoms with Crippen LogP contribution < -0.4 is 5.69 Å². The molecule has 25 heavy (non-hydrogen) atoms. The number of nitrogens with zero attached hydrogens (tertiary/aromatic N) is 4. The van der Waals surface area contributed by atoms with Crippen molar-refractivity contribution in [1.82, 2.24) is 19.3 Å². The van der Waals surface area contributed by atoms with Crippen molar-refractivity contribution in [2.75, 3.05) is 0 Å². The Kier molecular flexibility index (Phi) is 3.91. The van der Waals surface area contributed by atoms with Gasteiger partial charge in [-0.1, -0.05) is 0 Å². The zero-order valence-corrected chi connectivity index (χ0v) is 12.3. The number of aromatic nitrogens is 4. The largest absolute Gasteiger partial charge is 0.476 e. The van der Waals surface area contributed by atoms with Gasteiger partial charge in [-0.05, 0) is 24.3 Å². The number of carbonyl (C=O) groups is 1. The van der Waals surface area contributed by atoms with Gasteiger partial charge in [0.1, 0.15) is 19.1 Å². The van der Waals surface area contributed by atoms with E-state index in [1.165, 1.54) is 16.8 Å². The molecule has 2 aromatic heterocycles. The zero-order chi connectivity index (χ0) is 18.2. The van der Waals surface area contributed by atoms with Crippen molar-refractivity contribution in [2.45, 2.75) is 12.7 Å². The third-order valence-electron chi connectivity index (χ3n) is 3.27. The highest BCUT2D eigenvalue weighted by Gasteiger charge is 2.30. The minimum Gasteiger partial charge on any atom is -0.476 e. The van der Waals surface area contributed by atoms with E-state index >= 15 is 0 Å². The van der Waals surface area contributed by atoms with E-state index in [1.807, 2.05) is 0 Å². The van der Waals surface area contributed by atoms with Gasteiger partial charge in [-0.25, -0.2) is 23.9 Å². The van der Waals surface area contributed by atoms with Gasteiger partial charge in [-0.15, -0.1) is 0 Å². The van der Waals surface area contributed by atoms with Crippen LogP contribution in [0.2, 0.25) is 0 Å². The maximum Gasteiger partial charge on any atom is 0.416 e. The Morgan fingerprint density at radius 3 is 2.48 bits per heavy atom. The average molecular weight is 354 g/mol. The Balaban J connectivity index is 1.93. The van der Waals surface area contributed by atoms with Gasteiger partial charge in [0.25, 0.3) is 0 Å². The van der Waals surface area contributed by atoms with Crippen molar-refractivity contribution < 1.29 is 27.5 Å². The first-order valence-corrected chi connectivity index (χ1v) is 6.75. The Hall–Kier alpha value is -3.37. The molecular formula is C14H9F3N4O4. The predicted octanol–water partition coefficient (Wildman–Crippen LogP) is 1.79. The molecule has 1 N–H and O–H groups in total. The second kappa shape index (κ2) is 5.92. The van der Waals surface area contributed by atoms with Crippen molar-refractivity contribution in [3.05, 3.63) is 64.5 Å². The number of rotatable bonds is 4. The van der Waals surface area contributed by atoms with Crippen LogP contribution in [-0.2, 0) is 12.7 Å². The molecule has 0 amide bonds. The number of aromatic carboxylic acids is 1. The lowest BCUT2D eigenvalue weighted by molar-refractivity contribution is -0.137. The summed E-state index contributed by atoms with van der Waals surface area (Å²) in [5.41, 5.74) is -1.60. The molecule has 0 saturated carbocycles. The first-order valence-electron chi connectivity index (χ1n) is 6.75. The average Bonchev–Trinajstić information content (AvgIpc) is 3.15. The summed E-state index contributed by atoms with van der Waals surface area (Å²) >= 11 is 0. The third-order valence-corrected chi connectivity index (χ3v) is 3.27. The standard InChI is InChI=1S/C14H9F3N4O4/c15-14(16,17)8-1-3-9(4-2-8)21-7-18-13(24)20(21)5-11-19-10(6-25-11)12(22)23/h1-4,6-7H,5H2,(H,22,23). The van der Waals surface area contributed by atoms with E-state index in [9.17, 15) is 22.8 Å². The van der Waals surface area contributed by atoms with Crippen molar-refractivity contribution in [3.8, 4) is 5.69 Å². The maximum absolute atomic E-state index is 12.6. The molecule has 2 heterocycles. The van der Waals surface area contributed by atoms with Crippen LogP contribution in [-0.4, -0.2) is 30.4 Å². The van der Waals surface area contributed by atoms with E-state index in [4.69, 9.17) is 9.52 Å². The quantitative estimate of drug-likeness (QED) is 0.766. The molecule has 11 heteroatoms. The molecule has 0 aliphatic heterocycles. The summed E-state index contributed by atoms with van der Waals surface area (Å²) in [5.74, 6) is -1.35. The van der Waals surface area contributed by atoms with E-state index in [0.717, 1.165) is 29.4 Å². The van der Waals surface area contributed by atoms with Gasteiger partial charge in [-0.2, -0.15) is 18.2 Å². The van der Waals surface area contributed by atoms with E-state index in [-0.39, 0.29) is 23.8 Å². The number of hydrogen-bond acceptors (Lipinski definition) is 5. The number of alkyl halides is 3. The highest BCUT2D eigenvalue weighted by molar-refractivity contribution is 5.84. The molecule has 0 fully saturated rings. The monoisotopic (exact) mass is 354 g/mol. The van der Waals surface area contributed by atoms with Crippen LogP contribution >= 0.6 is 0 Å². The number of oxazole rings is 1. The smallest absolute Gasteiger partial charge is 0.416 e. The van der Waals surface area contributed by atoms with Crippen LogP contribution in [0.25, 0.3) is 5.69 Å². The summed E-state index contributed by atoms with van der Waals surface area (Å²) in [4.78, 5) is 29.9. The fourth-order valence-corrected chi connectivity index (χ4v) is 2.09. The highest BCUT2D eigenvalue weighted by atomic mass is 19.4. The van der Waals surface area contributed by atoms with E-state index in [2.05, 4.69) is 9.97 Å². The van der Waals surface area contributed by atoms with Crippen molar-refractivity contribution in [2.24, 2.45) is 0 Å². The Morgan fingerprint density at radius 2 is 1.92 bits per heavy atom. The summed E-state index contributed by atoms with van der Waals surface area (Å²) < 4.78 is 45.1. The first-order chi connectivity index (χ1) is 11.8. The van der Waals surface area contributed by atoms with Crippen LogP contribution in [0.3, 0.4) is 0 Å². The Morgan fingerprint density at radius 1 is 1.24 bits per heavy atom. The van der Waals surface area contributed by atoms with Crippen molar-refractivity contribution in [3.63, 3.8) is 0 Å². The summed E-state index contributed by atoms with van der Waals surface area (Å²) in [5, 5.41) is 8.80. The lowest BCUT2D eigenvalue weighted by atomic mass is 10.2. The molecular weight excluding hydrogens is 345 g/mol. The number of hydrogen-bond donors (Lipinski definition) is 1. The summed E-state index contributed by atoms with van der Waals surface area (Å²) in [7, 11) is 0. The number of benzene rings is 1. The topological polar surface area (TPSA) is 103 Å². The maximum atomic E-state index is 12.6. The van der Waals surface area contributed by atoms with E-state index < -0.39 is 23.4 Å². The van der Waals surface area contributed by atoms with Crippen LogP contribution in [0.5, 0.6) is 0 Å². The van der Waals surface area contributed by atoms with Crippen molar-refractivity contribution >= 4 is 5.97 Å². The molecule has 1 aromatic carbocycles. The minimum atomic E-state index is -4.47. The number of halogens is 3. The molecule has 130 valence electrons. The normalized spacial score (nSPS) is 11.6. The molecule has 0 bridgehead atoms. The molecule has 0 saturated heterocycles. The van der Waals surface area contributed by atoms with Crippen LogP contribution in [0.15, 0.2) is 46.1 Å². The zero-order valence-electron chi connectivity index (χ0n) is 12.3. The van der Waals surface area contributed by atoms with Gasteiger partial charge in [0.15, 0.2) is 5.69 Å². The highest BCUT2D eigenvalue weighted by Crippen LogP contribution is 2.29. The number of carboxylic acids is 1. The summed E-state index contributed by atoms with van der Waals surface area (Å²) in [6.45, 7) is -0.243. The summed E-state index contributed by atoms with van der Waals surface area (Å²) in [6, 6.07) is 4.10. The number of carboxylic acid groups (broad SMARTS) is 1. The van der Waals surface area contributed by atoms with E-state index in [1.54, 1.807) is 0 Å². The molecule has 0 aliphatic rings. The van der Waals surface area contributed by atoms with Crippen LogP contribution in [0.1, 0.15) is 21.9 Å². The molecule has 3 aromatic rings. The van der Waals surface area contributed by atoms with Crippen LogP contribution in [0.4, 0.5) is 13.2 Å². The molecule has 0 aliphatic carbocycles. The molecule has 8 nitrogen and oxygen atoms in total. The lowest BCUT2D eigenvalue weighted by Gasteiger charge is -2.11. The fourth-order valence-electron chi connectivity index (χ4n) is 2.09. The lowest BCUT2D eigenvalue weighted by Crippen LogP contribution is -2.24. The molecule has 3 rings (SSSR count). The van der Waals surface area contributed by atoms with Crippen molar-refractivity contribution in [1.29, 1.82) is 0 Å². The second-order valence-corrected chi connectivity index (χ2v) is 4.91. The molecule has 0 radical (unpaired) electrons. The summed E-state index contributed by atoms with van der Waals surface area (Å²) in [6.07, 6.45) is -2.42. The second-order valence-electron chi connectivity index (χ2n) is 4.91. The third kappa shape index (κ3) is 3.29. The molecule has 0 atom stereocenters.